The van der Waals surface area contributed by atoms with Crippen LogP contribution in [-0.2, 0) is 27.5 Å². The first-order valence-corrected chi connectivity index (χ1v) is 13.1. The Morgan fingerprint density at radius 2 is 1.71 bits per heavy atom. The fraction of sp³-hybridized carbons (Fsp3) is 0.571. The molecule has 0 amide bonds. The highest BCUT2D eigenvalue weighted by atomic mass is 19.4. The van der Waals surface area contributed by atoms with Crippen LogP contribution in [0.25, 0.3) is 0 Å². The molecule has 5 rings (SSSR count). The van der Waals surface area contributed by atoms with Crippen molar-refractivity contribution < 1.29 is 27.4 Å². The third-order valence-corrected chi connectivity index (χ3v) is 7.20. The second-order valence-corrected chi connectivity index (χ2v) is 10.1. The van der Waals surface area contributed by atoms with Gasteiger partial charge in [0, 0.05) is 12.5 Å². The summed E-state index contributed by atoms with van der Waals surface area (Å²) in [6.45, 7) is 8.91. The molecule has 2 N–H and O–H groups in total. The van der Waals surface area contributed by atoms with E-state index in [1.165, 1.54) is 63.7 Å². The minimum absolute atomic E-state index is 0.0478. The zero-order valence-corrected chi connectivity index (χ0v) is 23.0. The van der Waals surface area contributed by atoms with Crippen molar-refractivity contribution in [2.45, 2.75) is 96.8 Å². The van der Waals surface area contributed by atoms with E-state index >= 15 is 0 Å². The van der Waals surface area contributed by atoms with Crippen molar-refractivity contribution in [2.75, 3.05) is 12.8 Å². The van der Waals surface area contributed by atoms with E-state index in [0.717, 1.165) is 12.0 Å². The summed E-state index contributed by atoms with van der Waals surface area (Å²) in [6, 6.07) is 6.43. The number of esters is 1. The summed E-state index contributed by atoms with van der Waals surface area (Å²) < 4.78 is 49.2. The predicted molar refractivity (Wildman–Crippen MR) is 141 cm³/mol. The molecule has 1 aliphatic heterocycles. The van der Waals surface area contributed by atoms with Gasteiger partial charge in [0.25, 0.3) is 0 Å². The fourth-order valence-electron chi connectivity index (χ4n) is 5.42. The molecular formula is C28H37F3N4O3. The minimum Gasteiger partial charge on any atom is -0.469 e. The van der Waals surface area contributed by atoms with Crippen LogP contribution in [0.5, 0.6) is 5.88 Å². The molecule has 1 spiro atoms. The third-order valence-electron chi connectivity index (χ3n) is 7.20. The number of carbonyl (C=O) groups is 1. The van der Waals surface area contributed by atoms with E-state index in [2.05, 4.69) is 37.9 Å². The Bertz CT molecular complexity index is 1200. The Kier molecular flexibility index (Phi) is 8.73. The second-order valence-electron chi connectivity index (χ2n) is 10.1. The first-order chi connectivity index (χ1) is 17.9. The van der Waals surface area contributed by atoms with Gasteiger partial charge in [0.1, 0.15) is 5.60 Å². The molecule has 1 saturated carbocycles. The summed E-state index contributed by atoms with van der Waals surface area (Å²) in [5.41, 5.74) is 9.49. The molecule has 208 valence electrons. The van der Waals surface area contributed by atoms with E-state index < -0.39 is 17.6 Å². The lowest BCUT2D eigenvalue weighted by Crippen LogP contribution is -2.41. The highest BCUT2D eigenvalue weighted by Gasteiger charge is 2.42. The molecule has 3 aliphatic rings. The van der Waals surface area contributed by atoms with Gasteiger partial charge in [0.05, 0.1) is 12.8 Å². The highest BCUT2D eigenvalue weighted by molar-refractivity contribution is 6.09. The molecular weight excluding hydrogens is 497 g/mol. The normalized spacial score (nSPS) is 18.4. The van der Waals surface area contributed by atoms with Gasteiger partial charge in [-0.1, -0.05) is 45.2 Å². The number of anilines is 1. The number of fused-ring (bicyclic) bond motifs is 3. The summed E-state index contributed by atoms with van der Waals surface area (Å²) in [5, 5.41) is 0. The number of halogens is 3. The number of rotatable bonds is 1. The second kappa shape index (κ2) is 11.3. The molecule has 0 radical (unpaired) electrons. The summed E-state index contributed by atoms with van der Waals surface area (Å²) in [4.78, 5) is 21.1. The lowest BCUT2D eigenvalue weighted by molar-refractivity contribution is -0.145. The van der Waals surface area contributed by atoms with Gasteiger partial charge in [-0.25, -0.2) is 9.98 Å². The van der Waals surface area contributed by atoms with Crippen molar-refractivity contribution in [3.63, 3.8) is 0 Å². The number of benzene rings is 1. The molecule has 0 unspecified atom stereocenters. The zero-order chi connectivity index (χ0) is 28.3. The Morgan fingerprint density at radius 3 is 2.29 bits per heavy atom. The molecule has 0 saturated heterocycles. The number of hydrogen-bond acceptors (Lipinski definition) is 7. The largest absolute Gasteiger partial charge is 0.469 e. The number of methoxy groups -OCH3 is 1. The van der Waals surface area contributed by atoms with Crippen LogP contribution in [0, 0.1) is 0 Å². The number of aromatic nitrogens is 2. The molecule has 7 nitrogen and oxygen atoms in total. The van der Waals surface area contributed by atoms with Crippen LogP contribution in [0.2, 0.25) is 0 Å². The third kappa shape index (κ3) is 5.94. The van der Waals surface area contributed by atoms with Crippen molar-refractivity contribution in [2.24, 2.45) is 4.99 Å². The Hall–Kier alpha value is -3.17. The standard InChI is InChI=1S/C23H25F3N4O.C3H6O2.C2H6/c1-21(2)17(28-16-18(27)29-20(23(24,25)26)30-19(16)31-21)14-6-7-15-13(12-14)8-11-22(15)9-4-3-5-10-22;1-3(4)5-2;1-2/h6-7,12H,3-5,8-11H2,1-2H3,(H2,27,29,30);1-2H3;1-2H3. The van der Waals surface area contributed by atoms with Gasteiger partial charge in [0.2, 0.25) is 11.7 Å². The summed E-state index contributed by atoms with van der Waals surface area (Å²) >= 11 is 0. The Labute approximate surface area is 222 Å². The molecule has 2 aromatic rings. The quantitative estimate of drug-likeness (QED) is 0.408. The monoisotopic (exact) mass is 534 g/mol. The zero-order valence-electron chi connectivity index (χ0n) is 23.0. The molecule has 1 aromatic heterocycles. The topological polar surface area (TPSA) is 99.7 Å². The maximum atomic E-state index is 13.1. The van der Waals surface area contributed by atoms with Crippen LogP contribution in [0.15, 0.2) is 23.2 Å². The van der Waals surface area contributed by atoms with Gasteiger partial charge < -0.3 is 15.2 Å². The predicted octanol–water partition coefficient (Wildman–Crippen LogP) is 6.72. The number of carbonyl (C=O) groups excluding carboxylic acids is 1. The van der Waals surface area contributed by atoms with Crippen LogP contribution < -0.4 is 10.5 Å². The Morgan fingerprint density at radius 1 is 1.08 bits per heavy atom. The molecule has 2 heterocycles. The number of alkyl halides is 3. The van der Waals surface area contributed by atoms with Gasteiger partial charge in [-0.05, 0) is 62.1 Å². The minimum atomic E-state index is -4.71. The van der Waals surface area contributed by atoms with Crippen LogP contribution in [-0.4, -0.2) is 34.4 Å². The van der Waals surface area contributed by atoms with Crippen molar-refractivity contribution >= 4 is 23.2 Å². The maximum Gasteiger partial charge on any atom is 0.451 e. The molecule has 1 aromatic carbocycles. The van der Waals surface area contributed by atoms with Crippen LogP contribution in [0.4, 0.5) is 24.7 Å². The van der Waals surface area contributed by atoms with Gasteiger partial charge in [-0.3, -0.25) is 4.79 Å². The van der Waals surface area contributed by atoms with E-state index in [-0.39, 0.29) is 23.4 Å². The first kappa shape index (κ1) is 29.4. The van der Waals surface area contributed by atoms with Crippen LogP contribution >= 0.6 is 0 Å². The van der Waals surface area contributed by atoms with Crippen molar-refractivity contribution in [1.29, 1.82) is 0 Å². The number of nitrogen functional groups attached to an aromatic ring is 1. The number of hydrogen-bond donors (Lipinski definition) is 1. The van der Waals surface area contributed by atoms with E-state index in [9.17, 15) is 18.0 Å². The van der Waals surface area contributed by atoms with Gasteiger partial charge >= 0.3 is 12.1 Å². The summed E-state index contributed by atoms with van der Waals surface area (Å²) in [7, 11) is 1.35. The number of aryl methyl sites for hydroxylation is 1. The molecule has 38 heavy (non-hydrogen) atoms. The van der Waals surface area contributed by atoms with E-state index in [1.807, 2.05) is 13.8 Å². The lowest BCUT2D eigenvalue weighted by Gasteiger charge is -2.35. The van der Waals surface area contributed by atoms with E-state index in [1.54, 1.807) is 13.8 Å². The van der Waals surface area contributed by atoms with E-state index in [0.29, 0.717) is 11.1 Å². The number of nitrogens with zero attached hydrogens (tertiary/aromatic N) is 3. The number of aliphatic imine (C=N–C) groups is 1. The SMILES string of the molecule is CC.CC1(C)Oc2nc(C(F)(F)F)nc(N)c2N=C1c1ccc2c(c1)CCC21CCCCC1.COC(C)=O. The number of nitrogens with two attached hydrogens (primary N) is 1. The molecule has 0 atom stereocenters. The molecule has 1 fully saturated rings. The maximum absolute atomic E-state index is 13.1. The molecule has 10 heteroatoms. The Balaban J connectivity index is 0.000000515. The van der Waals surface area contributed by atoms with Gasteiger partial charge in [-0.15, -0.1) is 0 Å². The first-order valence-electron chi connectivity index (χ1n) is 13.1. The smallest absolute Gasteiger partial charge is 0.451 e. The van der Waals surface area contributed by atoms with Gasteiger partial charge in [0.15, 0.2) is 11.5 Å². The van der Waals surface area contributed by atoms with E-state index in [4.69, 9.17) is 10.5 Å². The average molecular weight is 535 g/mol. The van der Waals surface area contributed by atoms with Crippen molar-refractivity contribution in [3.05, 3.63) is 40.7 Å². The van der Waals surface area contributed by atoms with Gasteiger partial charge in [-0.2, -0.15) is 18.2 Å². The molecule has 0 bridgehead atoms. The summed E-state index contributed by atoms with van der Waals surface area (Å²) in [6.07, 6.45) is 3.88. The summed E-state index contributed by atoms with van der Waals surface area (Å²) in [5.74, 6) is -2.15. The van der Waals surface area contributed by atoms with Crippen molar-refractivity contribution in [3.8, 4) is 5.88 Å². The van der Waals surface area contributed by atoms with Crippen molar-refractivity contribution in [1.82, 2.24) is 9.97 Å². The highest BCUT2D eigenvalue weighted by Crippen LogP contribution is 2.49. The lowest BCUT2D eigenvalue weighted by atomic mass is 9.70. The van der Waals surface area contributed by atoms with Crippen LogP contribution in [0.1, 0.15) is 95.7 Å². The number of ether oxygens (including phenoxy) is 2. The van der Waals surface area contributed by atoms with Crippen LogP contribution in [0.3, 0.4) is 0 Å². The average Bonchev–Trinajstić information content (AvgIpc) is 3.21. The molecule has 2 aliphatic carbocycles. The fourth-order valence-corrected chi connectivity index (χ4v) is 5.42.